The minimum atomic E-state index is 0.0957. The maximum absolute atomic E-state index is 12.4. The molecule has 0 radical (unpaired) electrons. The van der Waals surface area contributed by atoms with Gasteiger partial charge in [0.05, 0.1) is 31.9 Å². The first kappa shape index (κ1) is 21.0. The number of ether oxygens (including phenoxy) is 1. The summed E-state index contributed by atoms with van der Waals surface area (Å²) in [5, 5.41) is 9.23. The van der Waals surface area contributed by atoms with Gasteiger partial charge in [-0.25, -0.2) is 4.98 Å². The van der Waals surface area contributed by atoms with Crippen LogP contribution in [0, 0.1) is 0 Å². The molecular weight excluding hydrogens is 418 g/mol. The number of fused-ring (bicyclic) bond motifs is 1. The monoisotopic (exact) mass is 445 g/mol. The summed E-state index contributed by atoms with van der Waals surface area (Å²) < 4.78 is 9.00. The lowest BCUT2D eigenvalue weighted by molar-refractivity contribution is -0.131. The average molecular weight is 446 g/mol. The molecular formula is C24H27N7O2. The fourth-order valence-corrected chi connectivity index (χ4v) is 4.19. The number of aromatic nitrogens is 5. The Morgan fingerprint density at radius 2 is 1.91 bits per heavy atom. The third-order valence-electron chi connectivity index (χ3n) is 6.24. The van der Waals surface area contributed by atoms with Gasteiger partial charge in [-0.1, -0.05) is 12.1 Å². The van der Waals surface area contributed by atoms with Crippen LogP contribution < -0.4 is 9.64 Å². The lowest BCUT2D eigenvalue weighted by Gasteiger charge is -2.37. The van der Waals surface area contributed by atoms with Gasteiger partial charge in [0.2, 0.25) is 5.91 Å². The number of pyridine rings is 1. The van der Waals surface area contributed by atoms with E-state index in [4.69, 9.17) is 14.8 Å². The van der Waals surface area contributed by atoms with Crippen molar-refractivity contribution in [3.63, 3.8) is 0 Å². The molecule has 0 N–H and O–H groups in total. The molecule has 1 amide bonds. The summed E-state index contributed by atoms with van der Waals surface area (Å²) in [4.78, 5) is 21.2. The van der Waals surface area contributed by atoms with Gasteiger partial charge in [0.25, 0.3) is 0 Å². The number of methoxy groups -OCH3 is 1. The first-order valence-electron chi connectivity index (χ1n) is 10.9. The molecule has 1 aliphatic heterocycles. The Labute approximate surface area is 192 Å². The number of anilines is 1. The van der Waals surface area contributed by atoms with Crippen molar-refractivity contribution < 1.29 is 9.53 Å². The SMILES string of the molecule is COc1ccc(Cn2nc(-c3cnn(C)c3)c3nc(N4CC(=O)N(C)C(C)C4)ccc32)cc1. The van der Waals surface area contributed by atoms with Crippen LogP contribution in [-0.4, -0.2) is 68.6 Å². The number of hydrogen-bond acceptors (Lipinski definition) is 6. The summed E-state index contributed by atoms with van der Waals surface area (Å²) in [6, 6.07) is 12.1. The van der Waals surface area contributed by atoms with Gasteiger partial charge < -0.3 is 14.5 Å². The molecule has 1 atom stereocenters. The van der Waals surface area contributed by atoms with E-state index >= 15 is 0 Å². The van der Waals surface area contributed by atoms with Crippen LogP contribution in [0.1, 0.15) is 12.5 Å². The normalized spacial score (nSPS) is 16.6. The van der Waals surface area contributed by atoms with Crippen LogP contribution in [0.2, 0.25) is 0 Å². The van der Waals surface area contributed by atoms with E-state index in [9.17, 15) is 4.79 Å². The number of nitrogens with zero attached hydrogens (tertiary/aromatic N) is 7. The number of carbonyl (C=O) groups is 1. The molecule has 0 saturated carbocycles. The zero-order chi connectivity index (χ0) is 23.1. The molecule has 0 aliphatic carbocycles. The van der Waals surface area contributed by atoms with Gasteiger partial charge in [0, 0.05) is 38.4 Å². The van der Waals surface area contributed by atoms with Crippen LogP contribution in [0.25, 0.3) is 22.3 Å². The van der Waals surface area contributed by atoms with E-state index in [-0.39, 0.29) is 11.9 Å². The summed E-state index contributed by atoms with van der Waals surface area (Å²) >= 11 is 0. The molecule has 4 aromatic rings. The van der Waals surface area contributed by atoms with Crippen molar-refractivity contribution in [3.05, 3.63) is 54.4 Å². The van der Waals surface area contributed by atoms with Crippen molar-refractivity contribution in [2.24, 2.45) is 7.05 Å². The highest BCUT2D eigenvalue weighted by Gasteiger charge is 2.28. The van der Waals surface area contributed by atoms with Crippen LogP contribution in [0.4, 0.5) is 5.82 Å². The Morgan fingerprint density at radius 1 is 1.12 bits per heavy atom. The Kier molecular flexibility index (Phi) is 5.24. The lowest BCUT2D eigenvalue weighted by atomic mass is 10.2. The number of benzene rings is 1. The van der Waals surface area contributed by atoms with E-state index in [0.29, 0.717) is 13.1 Å². The molecule has 9 nitrogen and oxygen atoms in total. The minimum Gasteiger partial charge on any atom is -0.497 e. The zero-order valence-electron chi connectivity index (χ0n) is 19.3. The van der Waals surface area contributed by atoms with Crippen molar-refractivity contribution in [3.8, 4) is 17.0 Å². The predicted molar refractivity (Wildman–Crippen MR) is 126 cm³/mol. The van der Waals surface area contributed by atoms with Crippen LogP contribution in [0.5, 0.6) is 5.75 Å². The van der Waals surface area contributed by atoms with Gasteiger partial charge in [-0.15, -0.1) is 0 Å². The van der Waals surface area contributed by atoms with Gasteiger partial charge in [0.1, 0.15) is 22.8 Å². The van der Waals surface area contributed by atoms with Gasteiger partial charge in [0.15, 0.2) is 0 Å². The number of carbonyl (C=O) groups excluding carboxylic acids is 1. The molecule has 4 heterocycles. The number of rotatable bonds is 5. The predicted octanol–water partition coefficient (Wildman–Crippen LogP) is 2.56. The fraction of sp³-hybridized carbons (Fsp3) is 0.333. The summed E-state index contributed by atoms with van der Waals surface area (Å²) in [6.45, 7) is 3.72. The van der Waals surface area contributed by atoms with Crippen molar-refractivity contribution in [1.82, 2.24) is 29.4 Å². The maximum Gasteiger partial charge on any atom is 0.242 e. The molecule has 1 unspecified atom stereocenters. The lowest BCUT2D eigenvalue weighted by Crippen LogP contribution is -2.53. The molecule has 1 fully saturated rings. The summed E-state index contributed by atoms with van der Waals surface area (Å²) in [5.74, 6) is 1.70. The number of amides is 1. The molecule has 33 heavy (non-hydrogen) atoms. The Hall–Kier alpha value is -3.88. The maximum atomic E-state index is 12.4. The van der Waals surface area contributed by atoms with Gasteiger partial charge >= 0.3 is 0 Å². The standard InChI is InChI=1S/C24H27N7O2/c1-16-12-30(15-22(32)29(16)3)21-10-9-20-24(26-21)23(18-11-25-28(2)14-18)27-31(20)13-17-5-7-19(33-4)8-6-17/h5-11,14,16H,12-13,15H2,1-4H3. The molecule has 0 bridgehead atoms. The molecule has 1 saturated heterocycles. The largest absolute Gasteiger partial charge is 0.497 e. The van der Waals surface area contributed by atoms with Crippen LogP contribution in [0.15, 0.2) is 48.8 Å². The van der Waals surface area contributed by atoms with Gasteiger partial charge in [-0.3, -0.25) is 14.2 Å². The minimum absolute atomic E-state index is 0.0957. The molecule has 3 aromatic heterocycles. The van der Waals surface area contributed by atoms with Crippen LogP contribution in [-0.2, 0) is 18.4 Å². The first-order valence-corrected chi connectivity index (χ1v) is 10.9. The average Bonchev–Trinajstić information content (AvgIpc) is 3.40. The van der Waals surface area contributed by atoms with E-state index in [1.54, 1.807) is 22.9 Å². The molecule has 5 rings (SSSR count). The Balaban J connectivity index is 1.57. The highest BCUT2D eigenvalue weighted by atomic mass is 16.5. The van der Waals surface area contributed by atoms with Crippen molar-refractivity contribution in [2.45, 2.75) is 19.5 Å². The first-order chi connectivity index (χ1) is 15.9. The van der Waals surface area contributed by atoms with Crippen molar-refractivity contribution in [1.29, 1.82) is 0 Å². The van der Waals surface area contributed by atoms with E-state index in [0.717, 1.165) is 46.0 Å². The Morgan fingerprint density at radius 3 is 2.58 bits per heavy atom. The fourth-order valence-electron chi connectivity index (χ4n) is 4.19. The quantitative estimate of drug-likeness (QED) is 0.470. The highest BCUT2D eigenvalue weighted by Crippen LogP contribution is 2.30. The van der Waals surface area contributed by atoms with E-state index in [1.807, 2.05) is 66.3 Å². The van der Waals surface area contributed by atoms with E-state index in [1.165, 1.54) is 0 Å². The molecule has 9 heteroatoms. The van der Waals surface area contributed by atoms with E-state index in [2.05, 4.69) is 12.0 Å². The van der Waals surface area contributed by atoms with Gasteiger partial charge in [-0.2, -0.15) is 10.2 Å². The summed E-state index contributed by atoms with van der Waals surface area (Å²) in [6.07, 6.45) is 3.74. The second kappa shape index (κ2) is 8.23. The second-order valence-electron chi connectivity index (χ2n) is 8.53. The number of piperazine rings is 1. The zero-order valence-corrected chi connectivity index (χ0v) is 19.3. The molecule has 1 aliphatic rings. The van der Waals surface area contributed by atoms with Gasteiger partial charge in [-0.05, 0) is 36.8 Å². The van der Waals surface area contributed by atoms with Crippen LogP contribution in [0.3, 0.4) is 0 Å². The number of hydrogen-bond donors (Lipinski definition) is 0. The van der Waals surface area contributed by atoms with Crippen molar-refractivity contribution in [2.75, 3.05) is 32.1 Å². The van der Waals surface area contributed by atoms with Crippen LogP contribution >= 0.6 is 0 Å². The molecule has 170 valence electrons. The third-order valence-corrected chi connectivity index (χ3v) is 6.24. The Bertz CT molecular complexity index is 1310. The van der Waals surface area contributed by atoms with E-state index < -0.39 is 0 Å². The summed E-state index contributed by atoms with van der Waals surface area (Å²) in [7, 11) is 5.40. The molecule has 0 spiro atoms. The summed E-state index contributed by atoms with van der Waals surface area (Å²) in [5.41, 5.74) is 4.53. The molecule has 1 aromatic carbocycles. The topological polar surface area (TPSA) is 81.3 Å². The van der Waals surface area contributed by atoms with Crippen molar-refractivity contribution >= 4 is 22.8 Å². The number of likely N-dealkylation sites (N-methyl/N-ethyl adjacent to an activating group) is 1. The second-order valence-corrected chi connectivity index (χ2v) is 8.53. The number of aryl methyl sites for hydroxylation is 1. The highest BCUT2D eigenvalue weighted by molar-refractivity contribution is 5.91. The smallest absolute Gasteiger partial charge is 0.242 e. The third kappa shape index (κ3) is 3.90.